The highest BCUT2D eigenvalue weighted by Gasteiger charge is 2.06. The Morgan fingerprint density at radius 1 is 1.53 bits per heavy atom. The molecular formula is C9H14N4O2. The number of carbonyl (C=O) groups is 1. The summed E-state index contributed by atoms with van der Waals surface area (Å²) in [5.41, 5.74) is 5.40. The van der Waals surface area contributed by atoms with Crippen molar-refractivity contribution in [2.75, 3.05) is 31.3 Å². The van der Waals surface area contributed by atoms with Crippen LogP contribution in [0.5, 0.6) is 0 Å². The van der Waals surface area contributed by atoms with E-state index in [1.54, 1.807) is 12.1 Å². The maximum atomic E-state index is 10.9. The second kappa shape index (κ2) is 5.14. The number of carbonyl (C=O) groups excluding carboxylic acids is 1. The van der Waals surface area contributed by atoms with Crippen molar-refractivity contribution >= 4 is 17.6 Å². The Labute approximate surface area is 88.0 Å². The van der Waals surface area contributed by atoms with Crippen molar-refractivity contribution in [3.8, 4) is 0 Å². The van der Waals surface area contributed by atoms with Crippen LogP contribution >= 0.6 is 0 Å². The summed E-state index contributed by atoms with van der Waals surface area (Å²) in [5, 5.41) is 7.60. The number of rotatable bonds is 4. The first-order valence-corrected chi connectivity index (χ1v) is 4.50. The monoisotopic (exact) mass is 210 g/mol. The number of nitrogen functional groups attached to an aromatic ring is 1. The molecule has 0 atom stereocenters. The molecule has 0 saturated heterocycles. The average molecular weight is 210 g/mol. The van der Waals surface area contributed by atoms with Gasteiger partial charge in [-0.25, -0.2) is 0 Å². The van der Waals surface area contributed by atoms with Gasteiger partial charge in [-0.15, -0.1) is 10.2 Å². The highest BCUT2D eigenvalue weighted by Crippen LogP contribution is 2.08. The molecule has 1 aromatic rings. The smallest absolute Gasteiger partial charge is 0.307 e. The van der Waals surface area contributed by atoms with Crippen molar-refractivity contribution in [3.63, 3.8) is 0 Å². The largest absolute Gasteiger partial charge is 0.469 e. The highest BCUT2D eigenvalue weighted by atomic mass is 16.5. The Hall–Kier alpha value is -1.85. The Morgan fingerprint density at radius 3 is 2.80 bits per heavy atom. The van der Waals surface area contributed by atoms with Crippen LogP contribution in [0, 0.1) is 0 Å². The molecule has 0 fully saturated rings. The Bertz CT molecular complexity index is 325. The molecule has 15 heavy (non-hydrogen) atoms. The third-order valence-electron chi connectivity index (χ3n) is 1.94. The predicted molar refractivity (Wildman–Crippen MR) is 56.3 cm³/mol. The molecule has 0 radical (unpaired) electrons. The van der Waals surface area contributed by atoms with Gasteiger partial charge in [0.05, 0.1) is 13.5 Å². The van der Waals surface area contributed by atoms with Crippen LogP contribution in [0.1, 0.15) is 6.42 Å². The first kappa shape index (κ1) is 11.2. The SMILES string of the molecule is COC(=O)CCN(C)c1ccc(N)nn1. The van der Waals surface area contributed by atoms with Gasteiger partial charge < -0.3 is 15.4 Å². The van der Waals surface area contributed by atoms with E-state index in [2.05, 4.69) is 14.9 Å². The lowest BCUT2D eigenvalue weighted by molar-refractivity contribution is -0.140. The lowest BCUT2D eigenvalue weighted by atomic mass is 10.4. The predicted octanol–water partition coefficient (Wildman–Crippen LogP) is 0.0581. The molecule has 0 aromatic carbocycles. The van der Waals surface area contributed by atoms with Crippen molar-refractivity contribution < 1.29 is 9.53 Å². The lowest BCUT2D eigenvalue weighted by Gasteiger charge is -2.16. The van der Waals surface area contributed by atoms with Crippen molar-refractivity contribution in [3.05, 3.63) is 12.1 Å². The Kier molecular flexibility index (Phi) is 3.84. The van der Waals surface area contributed by atoms with Crippen LogP contribution in [-0.4, -0.2) is 36.9 Å². The molecular weight excluding hydrogens is 196 g/mol. The fourth-order valence-electron chi connectivity index (χ4n) is 1.01. The number of nitrogens with zero attached hydrogens (tertiary/aromatic N) is 3. The average Bonchev–Trinajstić information content (AvgIpc) is 2.26. The van der Waals surface area contributed by atoms with E-state index < -0.39 is 0 Å². The van der Waals surface area contributed by atoms with E-state index in [1.807, 2.05) is 11.9 Å². The fourth-order valence-corrected chi connectivity index (χ4v) is 1.01. The molecule has 0 unspecified atom stereocenters. The van der Waals surface area contributed by atoms with Crippen molar-refractivity contribution in [2.24, 2.45) is 0 Å². The normalized spacial score (nSPS) is 9.73. The zero-order chi connectivity index (χ0) is 11.3. The maximum Gasteiger partial charge on any atom is 0.307 e. The van der Waals surface area contributed by atoms with Crippen LogP contribution < -0.4 is 10.6 Å². The summed E-state index contributed by atoms with van der Waals surface area (Å²) in [6.45, 7) is 0.533. The molecule has 0 spiro atoms. The van der Waals surface area contributed by atoms with Crippen molar-refractivity contribution in [1.29, 1.82) is 0 Å². The quantitative estimate of drug-likeness (QED) is 0.707. The van der Waals surface area contributed by atoms with Crippen molar-refractivity contribution in [2.45, 2.75) is 6.42 Å². The van der Waals surface area contributed by atoms with Gasteiger partial charge in [0.1, 0.15) is 5.82 Å². The van der Waals surface area contributed by atoms with E-state index in [0.29, 0.717) is 24.6 Å². The summed E-state index contributed by atoms with van der Waals surface area (Å²) in [4.78, 5) is 12.7. The Morgan fingerprint density at radius 2 is 2.27 bits per heavy atom. The van der Waals surface area contributed by atoms with Gasteiger partial charge in [0, 0.05) is 13.6 Å². The molecule has 1 rings (SSSR count). The van der Waals surface area contributed by atoms with Crippen LogP contribution in [0.2, 0.25) is 0 Å². The molecule has 0 amide bonds. The number of methoxy groups -OCH3 is 1. The van der Waals surface area contributed by atoms with Gasteiger partial charge in [-0.3, -0.25) is 4.79 Å². The summed E-state index contributed by atoms with van der Waals surface area (Å²) in [6, 6.07) is 3.41. The Balaban J connectivity index is 2.50. The number of nitrogens with two attached hydrogens (primary N) is 1. The molecule has 6 nitrogen and oxygen atoms in total. The van der Waals surface area contributed by atoms with Crippen LogP contribution in [-0.2, 0) is 9.53 Å². The number of aromatic nitrogens is 2. The molecule has 6 heteroatoms. The fraction of sp³-hybridized carbons (Fsp3) is 0.444. The van der Waals surface area contributed by atoms with Gasteiger partial charge in [-0.1, -0.05) is 0 Å². The number of hydrogen-bond acceptors (Lipinski definition) is 6. The minimum absolute atomic E-state index is 0.245. The molecule has 0 bridgehead atoms. The first-order chi connectivity index (χ1) is 7.13. The second-order valence-electron chi connectivity index (χ2n) is 3.06. The number of anilines is 2. The topological polar surface area (TPSA) is 81.3 Å². The van der Waals surface area contributed by atoms with Crippen LogP contribution in [0.4, 0.5) is 11.6 Å². The minimum Gasteiger partial charge on any atom is -0.469 e. The molecule has 0 saturated carbocycles. The van der Waals surface area contributed by atoms with E-state index in [-0.39, 0.29) is 5.97 Å². The number of esters is 1. The highest BCUT2D eigenvalue weighted by molar-refractivity contribution is 5.69. The third-order valence-corrected chi connectivity index (χ3v) is 1.94. The molecule has 0 aliphatic carbocycles. The zero-order valence-corrected chi connectivity index (χ0v) is 8.80. The summed E-state index contributed by atoms with van der Waals surface area (Å²) in [6.07, 6.45) is 0.319. The van der Waals surface area contributed by atoms with E-state index >= 15 is 0 Å². The third kappa shape index (κ3) is 3.41. The molecule has 82 valence electrons. The van der Waals surface area contributed by atoms with E-state index in [0.717, 1.165) is 0 Å². The molecule has 1 aromatic heterocycles. The lowest BCUT2D eigenvalue weighted by Crippen LogP contribution is -2.22. The van der Waals surface area contributed by atoms with Gasteiger partial charge in [0.15, 0.2) is 5.82 Å². The maximum absolute atomic E-state index is 10.9. The van der Waals surface area contributed by atoms with Gasteiger partial charge in [-0.05, 0) is 12.1 Å². The van der Waals surface area contributed by atoms with E-state index in [1.165, 1.54) is 7.11 Å². The second-order valence-corrected chi connectivity index (χ2v) is 3.06. The van der Waals surface area contributed by atoms with Crippen LogP contribution in [0.3, 0.4) is 0 Å². The number of hydrogen-bond donors (Lipinski definition) is 1. The molecule has 0 aliphatic rings. The molecule has 2 N–H and O–H groups in total. The summed E-state index contributed by atoms with van der Waals surface area (Å²) in [5.74, 6) is 0.804. The van der Waals surface area contributed by atoms with Gasteiger partial charge in [0.25, 0.3) is 0 Å². The van der Waals surface area contributed by atoms with Gasteiger partial charge >= 0.3 is 5.97 Å². The van der Waals surface area contributed by atoms with Crippen molar-refractivity contribution in [1.82, 2.24) is 10.2 Å². The summed E-state index contributed by atoms with van der Waals surface area (Å²) < 4.78 is 4.53. The molecule has 0 aliphatic heterocycles. The van der Waals surface area contributed by atoms with E-state index in [9.17, 15) is 4.79 Å². The van der Waals surface area contributed by atoms with Gasteiger partial charge in [0.2, 0.25) is 0 Å². The van der Waals surface area contributed by atoms with E-state index in [4.69, 9.17) is 5.73 Å². The van der Waals surface area contributed by atoms with Crippen LogP contribution in [0.25, 0.3) is 0 Å². The standard InChI is InChI=1S/C9H14N4O2/c1-13(6-5-9(14)15-2)8-4-3-7(10)11-12-8/h3-4H,5-6H2,1-2H3,(H2,10,11). The first-order valence-electron chi connectivity index (χ1n) is 4.50. The van der Waals surface area contributed by atoms with Crippen LogP contribution in [0.15, 0.2) is 12.1 Å². The van der Waals surface area contributed by atoms with Gasteiger partial charge in [-0.2, -0.15) is 0 Å². The minimum atomic E-state index is -0.245. The summed E-state index contributed by atoms with van der Waals surface area (Å²) in [7, 11) is 3.19. The number of ether oxygens (including phenoxy) is 1. The molecule has 1 heterocycles. The summed E-state index contributed by atoms with van der Waals surface area (Å²) >= 11 is 0. The zero-order valence-electron chi connectivity index (χ0n) is 8.80.